The summed E-state index contributed by atoms with van der Waals surface area (Å²) in [6.07, 6.45) is 0. The molecular weight excluding hydrogens is 268 g/mol. The molecular formula is C16H14N2OS. The van der Waals surface area contributed by atoms with Gasteiger partial charge in [0.05, 0.1) is 17.4 Å². The molecule has 0 heterocycles. The molecule has 2 rings (SSSR count). The van der Waals surface area contributed by atoms with Gasteiger partial charge in [0.1, 0.15) is 0 Å². The lowest BCUT2D eigenvalue weighted by atomic mass is 10.2. The van der Waals surface area contributed by atoms with Gasteiger partial charge in [0.2, 0.25) is 5.91 Å². The molecule has 3 nitrogen and oxygen atoms in total. The van der Waals surface area contributed by atoms with E-state index in [9.17, 15) is 4.79 Å². The number of carbonyl (C=O) groups is 1. The third kappa shape index (κ3) is 3.62. The SMILES string of the molecule is CN(C(=O)CSc1ccccc1)c1ccc(C#N)cc1. The summed E-state index contributed by atoms with van der Waals surface area (Å²) < 4.78 is 0. The highest BCUT2D eigenvalue weighted by molar-refractivity contribution is 8.00. The Hall–Kier alpha value is -2.25. The molecule has 0 N–H and O–H groups in total. The van der Waals surface area contributed by atoms with E-state index in [1.54, 1.807) is 36.2 Å². The predicted octanol–water partition coefficient (Wildman–Crippen LogP) is 3.31. The fourth-order valence-electron chi connectivity index (χ4n) is 1.66. The Morgan fingerprint density at radius 3 is 2.40 bits per heavy atom. The number of nitrogens with zero attached hydrogens (tertiary/aromatic N) is 2. The zero-order chi connectivity index (χ0) is 14.4. The van der Waals surface area contributed by atoms with E-state index in [0.29, 0.717) is 11.3 Å². The standard InChI is InChI=1S/C16H14N2OS/c1-18(14-9-7-13(11-17)8-10-14)16(19)12-20-15-5-3-2-4-6-15/h2-10H,12H2,1H3. The van der Waals surface area contributed by atoms with Crippen molar-refractivity contribution in [1.82, 2.24) is 0 Å². The molecule has 1 amide bonds. The van der Waals surface area contributed by atoms with Gasteiger partial charge < -0.3 is 4.90 Å². The van der Waals surface area contributed by atoms with Gasteiger partial charge in [-0.25, -0.2) is 0 Å². The lowest BCUT2D eigenvalue weighted by molar-refractivity contribution is -0.115. The Labute approximate surface area is 122 Å². The topological polar surface area (TPSA) is 44.1 Å². The first-order valence-electron chi connectivity index (χ1n) is 6.15. The van der Waals surface area contributed by atoms with Crippen LogP contribution >= 0.6 is 11.8 Å². The van der Waals surface area contributed by atoms with Gasteiger partial charge in [-0.2, -0.15) is 5.26 Å². The van der Waals surface area contributed by atoms with E-state index in [-0.39, 0.29) is 5.91 Å². The fraction of sp³-hybridized carbons (Fsp3) is 0.125. The molecule has 0 aromatic heterocycles. The summed E-state index contributed by atoms with van der Waals surface area (Å²) in [7, 11) is 1.75. The van der Waals surface area contributed by atoms with E-state index in [0.717, 1.165) is 10.6 Å². The number of thioether (sulfide) groups is 1. The third-order valence-electron chi connectivity index (χ3n) is 2.86. The molecule has 0 saturated carbocycles. The molecule has 0 unspecified atom stereocenters. The van der Waals surface area contributed by atoms with Crippen molar-refractivity contribution in [2.75, 3.05) is 17.7 Å². The van der Waals surface area contributed by atoms with Crippen LogP contribution in [0.1, 0.15) is 5.56 Å². The van der Waals surface area contributed by atoms with Gasteiger partial charge in [0, 0.05) is 17.6 Å². The van der Waals surface area contributed by atoms with Crippen molar-refractivity contribution in [2.24, 2.45) is 0 Å². The van der Waals surface area contributed by atoms with Gasteiger partial charge in [-0.15, -0.1) is 11.8 Å². The number of amides is 1. The minimum absolute atomic E-state index is 0.0311. The smallest absolute Gasteiger partial charge is 0.237 e. The lowest BCUT2D eigenvalue weighted by Crippen LogP contribution is -2.27. The molecule has 100 valence electrons. The van der Waals surface area contributed by atoms with E-state index in [1.807, 2.05) is 30.3 Å². The van der Waals surface area contributed by atoms with Crippen LogP contribution in [0.5, 0.6) is 0 Å². The first kappa shape index (κ1) is 14.2. The maximum absolute atomic E-state index is 12.1. The van der Waals surface area contributed by atoms with E-state index in [2.05, 4.69) is 6.07 Å². The Morgan fingerprint density at radius 2 is 1.80 bits per heavy atom. The first-order valence-corrected chi connectivity index (χ1v) is 7.14. The van der Waals surface area contributed by atoms with Crippen LogP contribution in [0.25, 0.3) is 0 Å². The number of nitriles is 1. The summed E-state index contributed by atoms with van der Waals surface area (Å²) in [6.45, 7) is 0. The monoisotopic (exact) mass is 282 g/mol. The molecule has 0 aliphatic rings. The summed E-state index contributed by atoms with van der Waals surface area (Å²) in [6, 6.07) is 18.9. The second kappa shape index (κ2) is 6.78. The number of benzene rings is 2. The minimum atomic E-state index is 0.0311. The van der Waals surface area contributed by atoms with Crippen molar-refractivity contribution in [1.29, 1.82) is 5.26 Å². The molecule has 2 aromatic rings. The Bertz CT molecular complexity index is 617. The zero-order valence-corrected chi connectivity index (χ0v) is 11.9. The van der Waals surface area contributed by atoms with Gasteiger partial charge in [0.15, 0.2) is 0 Å². The molecule has 0 aliphatic heterocycles. The van der Waals surface area contributed by atoms with Gasteiger partial charge in [-0.3, -0.25) is 4.79 Å². The number of rotatable bonds is 4. The van der Waals surface area contributed by atoms with Crippen LogP contribution in [0.3, 0.4) is 0 Å². The van der Waals surface area contributed by atoms with E-state index in [1.165, 1.54) is 11.8 Å². The summed E-state index contributed by atoms with van der Waals surface area (Å²) in [5, 5.41) is 8.75. The quantitative estimate of drug-likeness (QED) is 0.808. The molecule has 0 bridgehead atoms. The highest BCUT2D eigenvalue weighted by Gasteiger charge is 2.11. The Balaban J connectivity index is 1.96. The number of hydrogen-bond donors (Lipinski definition) is 0. The van der Waals surface area contributed by atoms with Crippen LogP contribution in [0.15, 0.2) is 59.5 Å². The fourth-order valence-corrected chi connectivity index (χ4v) is 2.50. The third-order valence-corrected chi connectivity index (χ3v) is 3.86. The van der Waals surface area contributed by atoms with Crippen molar-refractivity contribution >= 4 is 23.4 Å². The molecule has 0 aliphatic carbocycles. The maximum Gasteiger partial charge on any atom is 0.237 e. The molecule has 0 radical (unpaired) electrons. The molecule has 20 heavy (non-hydrogen) atoms. The van der Waals surface area contributed by atoms with Gasteiger partial charge in [0.25, 0.3) is 0 Å². The zero-order valence-electron chi connectivity index (χ0n) is 11.1. The van der Waals surface area contributed by atoms with Crippen LogP contribution in [-0.2, 0) is 4.79 Å². The molecule has 0 fully saturated rings. The average molecular weight is 282 g/mol. The van der Waals surface area contributed by atoms with E-state index in [4.69, 9.17) is 5.26 Å². The van der Waals surface area contributed by atoms with Gasteiger partial charge in [-0.1, -0.05) is 18.2 Å². The molecule has 0 saturated heterocycles. The van der Waals surface area contributed by atoms with Gasteiger partial charge in [-0.05, 0) is 36.4 Å². The highest BCUT2D eigenvalue weighted by atomic mass is 32.2. The summed E-state index contributed by atoms with van der Waals surface area (Å²) in [4.78, 5) is 14.8. The number of carbonyl (C=O) groups excluding carboxylic acids is 1. The molecule has 2 aromatic carbocycles. The largest absolute Gasteiger partial charge is 0.315 e. The molecule has 4 heteroatoms. The van der Waals surface area contributed by atoms with Gasteiger partial charge >= 0.3 is 0 Å². The van der Waals surface area contributed by atoms with Crippen LogP contribution in [0.2, 0.25) is 0 Å². The van der Waals surface area contributed by atoms with Crippen LogP contribution in [0, 0.1) is 11.3 Å². The van der Waals surface area contributed by atoms with Crippen molar-refractivity contribution in [3.05, 3.63) is 60.2 Å². The van der Waals surface area contributed by atoms with Crippen molar-refractivity contribution in [2.45, 2.75) is 4.90 Å². The summed E-state index contributed by atoms with van der Waals surface area (Å²) in [5.74, 6) is 0.420. The number of anilines is 1. The van der Waals surface area contributed by atoms with Crippen molar-refractivity contribution in [3.8, 4) is 6.07 Å². The minimum Gasteiger partial charge on any atom is -0.315 e. The Kier molecular flexibility index (Phi) is 4.80. The number of hydrogen-bond acceptors (Lipinski definition) is 3. The molecule has 0 atom stereocenters. The average Bonchev–Trinajstić information content (AvgIpc) is 2.53. The highest BCUT2D eigenvalue weighted by Crippen LogP contribution is 2.19. The van der Waals surface area contributed by atoms with Crippen LogP contribution < -0.4 is 4.90 Å². The van der Waals surface area contributed by atoms with Crippen molar-refractivity contribution < 1.29 is 4.79 Å². The van der Waals surface area contributed by atoms with Crippen LogP contribution in [0.4, 0.5) is 5.69 Å². The summed E-state index contributed by atoms with van der Waals surface area (Å²) >= 11 is 1.52. The van der Waals surface area contributed by atoms with Crippen molar-refractivity contribution in [3.63, 3.8) is 0 Å². The van der Waals surface area contributed by atoms with E-state index >= 15 is 0 Å². The lowest BCUT2D eigenvalue weighted by Gasteiger charge is -2.17. The Morgan fingerprint density at radius 1 is 1.15 bits per heavy atom. The second-order valence-corrected chi connectivity index (χ2v) is 5.26. The second-order valence-electron chi connectivity index (χ2n) is 4.21. The van der Waals surface area contributed by atoms with E-state index < -0.39 is 0 Å². The predicted molar refractivity (Wildman–Crippen MR) is 81.7 cm³/mol. The summed E-state index contributed by atoms with van der Waals surface area (Å²) in [5.41, 5.74) is 1.39. The maximum atomic E-state index is 12.1. The molecule has 0 spiro atoms. The first-order chi connectivity index (χ1) is 9.70. The normalized spacial score (nSPS) is 9.80. The van der Waals surface area contributed by atoms with Crippen LogP contribution in [-0.4, -0.2) is 18.7 Å².